The highest BCUT2D eigenvalue weighted by molar-refractivity contribution is 7.92. The SMILES string of the molecule is CS(=O)(=O)Nc1ccc(C2=NN(S(=O)(=O)c3ccc(Cl)cc3)[C@@H](c3ccccc3)C2)cc1. The molecule has 3 aromatic carbocycles. The number of halogens is 1. The van der Waals surface area contributed by atoms with Gasteiger partial charge in [-0.2, -0.15) is 17.9 Å². The Hall–Kier alpha value is -2.88. The van der Waals surface area contributed by atoms with E-state index in [1.54, 1.807) is 24.3 Å². The van der Waals surface area contributed by atoms with Gasteiger partial charge in [-0.05, 0) is 47.5 Å². The van der Waals surface area contributed by atoms with E-state index in [0.717, 1.165) is 16.2 Å². The first-order chi connectivity index (χ1) is 15.1. The maximum absolute atomic E-state index is 13.4. The lowest BCUT2D eigenvalue weighted by Gasteiger charge is -2.23. The molecule has 4 rings (SSSR count). The van der Waals surface area contributed by atoms with E-state index in [2.05, 4.69) is 9.82 Å². The number of sulfonamides is 2. The molecule has 1 aliphatic heterocycles. The summed E-state index contributed by atoms with van der Waals surface area (Å²) in [6, 6.07) is 21.4. The van der Waals surface area contributed by atoms with E-state index in [9.17, 15) is 16.8 Å². The maximum atomic E-state index is 13.4. The average molecular weight is 490 g/mol. The number of hydrogen-bond acceptors (Lipinski definition) is 5. The van der Waals surface area contributed by atoms with Gasteiger partial charge in [-0.25, -0.2) is 8.42 Å². The van der Waals surface area contributed by atoms with Gasteiger partial charge < -0.3 is 0 Å². The minimum Gasteiger partial charge on any atom is -0.284 e. The number of rotatable bonds is 6. The van der Waals surface area contributed by atoms with Crippen LogP contribution in [-0.4, -0.2) is 33.2 Å². The Morgan fingerprint density at radius 2 is 1.53 bits per heavy atom. The summed E-state index contributed by atoms with van der Waals surface area (Å²) in [5, 5.41) is 4.92. The summed E-state index contributed by atoms with van der Waals surface area (Å²) in [6.45, 7) is 0. The monoisotopic (exact) mass is 489 g/mol. The molecule has 3 aromatic rings. The van der Waals surface area contributed by atoms with Crippen LogP contribution in [0, 0.1) is 0 Å². The molecular formula is C22H20ClN3O4S2. The fourth-order valence-electron chi connectivity index (χ4n) is 3.47. The molecule has 1 heterocycles. The maximum Gasteiger partial charge on any atom is 0.279 e. The lowest BCUT2D eigenvalue weighted by atomic mass is 9.99. The lowest BCUT2D eigenvalue weighted by molar-refractivity contribution is 0.371. The zero-order chi connectivity index (χ0) is 22.9. The van der Waals surface area contributed by atoms with Gasteiger partial charge in [-0.3, -0.25) is 4.72 Å². The minimum atomic E-state index is -3.93. The first-order valence-corrected chi connectivity index (χ1v) is 13.3. The van der Waals surface area contributed by atoms with Crippen LogP contribution >= 0.6 is 11.6 Å². The summed E-state index contributed by atoms with van der Waals surface area (Å²) in [5.74, 6) is 0. The number of hydrazone groups is 1. The van der Waals surface area contributed by atoms with Crippen molar-refractivity contribution in [3.63, 3.8) is 0 Å². The van der Waals surface area contributed by atoms with Crippen LogP contribution in [0.1, 0.15) is 23.6 Å². The van der Waals surface area contributed by atoms with Crippen molar-refractivity contribution >= 4 is 43.0 Å². The van der Waals surface area contributed by atoms with Gasteiger partial charge in [0, 0.05) is 17.1 Å². The molecule has 0 bridgehead atoms. The van der Waals surface area contributed by atoms with Crippen LogP contribution in [-0.2, 0) is 20.0 Å². The van der Waals surface area contributed by atoms with Crippen LogP contribution < -0.4 is 4.72 Å². The summed E-state index contributed by atoms with van der Waals surface area (Å²) in [5.41, 5.74) is 2.53. The molecular weight excluding hydrogens is 470 g/mol. The fraction of sp³-hybridized carbons (Fsp3) is 0.136. The second-order valence-corrected chi connectivity index (χ2v) is 11.3. The Balaban J connectivity index is 1.72. The van der Waals surface area contributed by atoms with Crippen molar-refractivity contribution < 1.29 is 16.8 Å². The van der Waals surface area contributed by atoms with E-state index < -0.39 is 26.1 Å². The molecule has 0 aromatic heterocycles. The van der Waals surface area contributed by atoms with Gasteiger partial charge in [0.05, 0.1) is 22.9 Å². The van der Waals surface area contributed by atoms with E-state index in [-0.39, 0.29) is 4.90 Å². The van der Waals surface area contributed by atoms with Crippen LogP contribution in [0.3, 0.4) is 0 Å². The molecule has 1 N–H and O–H groups in total. The van der Waals surface area contributed by atoms with E-state index in [4.69, 9.17) is 11.6 Å². The summed E-state index contributed by atoms with van der Waals surface area (Å²) < 4.78 is 53.3. The van der Waals surface area contributed by atoms with E-state index in [1.165, 1.54) is 24.3 Å². The smallest absolute Gasteiger partial charge is 0.279 e. The van der Waals surface area contributed by atoms with E-state index in [1.807, 2.05) is 30.3 Å². The van der Waals surface area contributed by atoms with Crippen molar-refractivity contribution in [2.24, 2.45) is 5.10 Å². The molecule has 1 aliphatic rings. The highest BCUT2D eigenvalue weighted by atomic mass is 35.5. The molecule has 0 saturated heterocycles. The Morgan fingerprint density at radius 3 is 2.12 bits per heavy atom. The van der Waals surface area contributed by atoms with Gasteiger partial charge in [0.25, 0.3) is 10.0 Å². The van der Waals surface area contributed by atoms with Crippen molar-refractivity contribution in [2.75, 3.05) is 11.0 Å². The Labute approximate surface area is 192 Å². The number of benzene rings is 3. The van der Waals surface area contributed by atoms with Crippen molar-refractivity contribution in [1.29, 1.82) is 0 Å². The fourth-order valence-corrected chi connectivity index (χ4v) is 5.59. The van der Waals surface area contributed by atoms with Crippen molar-refractivity contribution in [3.8, 4) is 0 Å². The Kier molecular flexibility index (Phi) is 5.98. The van der Waals surface area contributed by atoms with Gasteiger partial charge in [0.2, 0.25) is 10.0 Å². The third kappa shape index (κ3) is 4.79. The van der Waals surface area contributed by atoms with Crippen LogP contribution in [0.4, 0.5) is 5.69 Å². The van der Waals surface area contributed by atoms with E-state index in [0.29, 0.717) is 28.4 Å². The largest absolute Gasteiger partial charge is 0.284 e. The normalized spacial score (nSPS) is 16.6. The van der Waals surface area contributed by atoms with Crippen molar-refractivity contribution in [1.82, 2.24) is 4.41 Å². The quantitative estimate of drug-likeness (QED) is 0.559. The second-order valence-electron chi connectivity index (χ2n) is 7.36. The second kappa shape index (κ2) is 8.57. The number of anilines is 1. The molecule has 166 valence electrons. The van der Waals surface area contributed by atoms with Gasteiger partial charge in [-0.15, -0.1) is 0 Å². The van der Waals surface area contributed by atoms with Crippen LogP contribution in [0.5, 0.6) is 0 Å². The molecule has 0 amide bonds. The molecule has 1 atom stereocenters. The molecule has 10 heteroatoms. The van der Waals surface area contributed by atoms with Crippen molar-refractivity contribution in [3.05, 3.63) is 95.0 Å². The highest BCUT2D eigenvalue weighted by Gasteiger charge is 2.37. The minimum absolute atomic E-state index is 0.0977. The average Bonchev–Trinajstić information content (AvgIpc) is 3.21. The number of nitrogens with one attached hydrogen (secondary N) is 1. The van der Waals surface area contributed by atoms with Gasteiger partial charge in [0.1, 0.15) is 0 Å². The molecule has 32 heavy (non-hydrogen) atoms. The summed E-state index contributed by atoms with van der Waals surface area (Å²) in [6.07, 6.45) is 1.45. The summed E-state index contributed by atoms with van der Waals surface area (Å²) in [7, 11) is -7.32. The van der Waals surface area contributed by atoms with Crippen LogP contribution in [0.2, 0.25) is 5.02 Å². The van der Waals surface area contributed by atoms with Crippen LogP contribution in [0.15, 0.2) is 88.9 Å². The number of hydrogen-bond donors (Lipinski definition) is 1. The van der Waals surface area contributed by atoms with Gasteiger partial charge in [0.15, 0.2) is 0 Å². The Morgan fingerprint density at radius 1 is 0.906 bits per heavy atom. The lowest BCUT2D eigenvalue weighted by Crippen LogP contribution is -2.27. The highest BCUT2D eigenvalue weighted by Crippen LogP contribution is 2.37. The molecule has 7 nitrogen and oxygen atoms in total. The molecule has 0 fully saturated rings. The first-order valence-electron chi connectivity index (χ1n) is 9.64. The third-order valence-corrected chi connectivity index (χ3v) is 7.49. The molecule has 0 saturated carbocycles. The standard InChI is InChI=1S/C22H20ClN3O4S2/c1-31(27,28)25-19-11-7-16(8-12-19)21-15-22(17-5-3-2-4-6-17)26(24-21)32(29,30)20-13-9-18(23)10-14-20/h2-14,22,25H,15H2,1H3/t22-/m1/s1. The summed E-state index contributed by atoms with van der Waals surface area (Å²) >= 11 is 5.92. The van der Waals surface area contributed by atoms with Crippen LogP contribution in [0.25, 0.3) is 0 Å². The van der Waals surface area contributed by atoms with Gasteiger partial charge >= 0.3 is 0 Å². The predicted molar refractivity (Wildman–Crippen MR) is 126 cm³/mol. The Bertz CT molecular complexity index is 1360. The molecule has 0 spiro atoms. The first kappa shape index (κ1) is 22.3. The predicted octanol–water partition coefficient (Wildman–Crippen LogP) is 4.25. The van der Waals surface area contributed by atoms with E-state index >= 15 is 0 Å². The number of nitrogens with zero attached hydrogens (tertiary/aromatic N) is 2. The molecule has 0 unspecified atom stereocenters. The molecule has 0 aliphatic carbocycles. The van der Waals surface area contributed by atoms with Crippen molar-refractivity contribution in [2.45, 2.75) is 17.4 Å². The third-order valence-electron chi connectivity index (χ3n) is 4.94. The zero-order valence-corrected chi connectivity index (χ0v) is 19.4. The summed E-state index contributed by atoms with van der Waals surface area (Å²) in [4.78, 5) is 0.0977. The zero-order valence-electron chi connectivity index (χ0n) is 17.0. The molecule has 0 radical (unpaired) electrons. The van der Waals surface area contributed by atoms with Gasteiger partial charge in [-0.1, -0.05) is 54.1 Å². The topological polar surface area (TPSA) is 95.9 Å².